The molecule has 8 heteroatoms. The number of carbonyl (C=O) groups excluding carboxylic acids is 1. The first-order chi connectivity index (χ1) is 13.9. The number of hydrogen-bond donors (Lipinski definition) is 0. The van der Waals surface area contributed by atoms with Crippen molar-refractivity contribution in [3.8, 4) is 11.5 Å². The number of methoxy groups -OCH3 is 2. The fourth-order valence-corrected chi connectivity index (χ4v) is 4.58. The van der Waals surface area contributed by atoms with Gasteiger partial charge in [0.05, 0.1) is 37.4 Å². The highest BCUT2D eigenvalue weighted by Gasteiger charge is 2.35. The van der Waals surface area contributed by atoms with Crippen LogP contribution in [0.15, 0.2) is 29.3 Å². The van der Waals surface area contributed by atoms with Crippen molar-refractivity contribution in [1.29, 1.82) is 0 Å². The number of fused-ring (bicyclic) bond motifs is 1. The van der Waals surface area contributed by atoms with E-state index in [9.17, 15) is 9.59 Å². The lowest BCUT2D eigenvalue weighted by Crippen LogP contribution is -2.32. The number of thiophene rings is 1. The quantitative estimate of drug-likeness (QED) is 0.621. The van der Waals surface area contributed by atoms with Gasteiger partial charge in [-0.05, 0) is 43.5 Å². The Balaban J connectivity index is 1.73. The maximum Gasteiger partial charge on any atom is 0.264 e. The van der Waals surface area contributed by atoms with Crippen LogP contribution in [0.2, 0.25) is 0 Å². The van der Waals surface area contributed by atoms with E-state index in [0.717, 1.165) is 24.2 Å². The van der Waals surface area contributed by atoms with Gasteiger partial charge in [-0.3, -0.25) is 9.59 Å². The number of aryl methyl sites for hydroxylation is 2. The molecule has 0 bridgehead atoms. The van der Waals surface area contributed by atoms with Gasteiger partial charge in [-0.2, -0.15) is 0 Å². The van der Waals surface area contributed by atoms with Crippen LogP contribution in [0.1, 0.15) is 33.6 Å². The fraction of sp³-hybridized carbons (Fsp3) is 0.381. The Morgan fingerprint density at radius 1 is 1.31 bits per heavy atom. The maximum absolute atomic E-state index is 13.5. The molecule has 152 valence electrons. The molecule has 1 aromatic carbocycles. The number of benzene rings is 1. The normalized spacial score (nSPS) is 13.5. The molecule has 1 aliphatic carbocycles. The van der Waals surface area contributed by atoms with Crippen LogP contribution in [0.25, 0.3) is 10.2 Å². The van der Waals surface area contributed by atoms with Crippen molar-refractivity contribution in [1.82, 2.24) is 14.5 Å². The Hall–Kier alpha value is -2.87. The van der Waals surface area contributed by atoms with E-state index in [2.05, 4.69) is 4.98 Å². The Labute approximate surface area is 172 Å². The molecular formula is C21H23N3O4S. The smallest absolute Gasteiger partial charge is 0.264 e. The van der Waals surface area contributed by atoms with Crippen LogP contribution < -0.4 is 15.0 Å². The van der Waals surface area contributed by atoms with E-state index in [4.69, 9.17) is 9.47 Å². The first kappa shape index (κ1) is 19.4. The number of carbonyl (C=O) groups is 1. The lowest BCUT2D eigenvalue weighted by atomic mass is 10.1. The first-order valence-electron chi connectivity index (χ1n) is 9.41. The van der Waals surface area contributed by atoms with Gasteiger partial charge in [0, 0.05) is 18.7 Å². The molecule has 1 fully saturated rings. The summed E-state index contributed by atoms with van der Waals surface area (Å²) in [6.45, 7) is 2.25. The SMILES string of the molecule is COc1ccc(OC)c(CN(C(=O)c2sc3ncn(C)c(=O)c3c2C)C2CC2)c1. The summed E-state index contributed by atoms with van der Waals surface area (Å²) in [6.07, 6.45) is 3.44. The zero-order valence-electron chi connectivity index (χ0n) is 16.9. The summed E-state index contributed by atoms with van der Waals surface area (Å²) >= 11 is 1.28. The zero-order chi connectivity index (χ0) is 20.7. The van der Waals surface area contributed by atoms with Crippen LogP contribution in [0, 0.1) is 6.92 Å². The molecule has 0 unspecified atom stereocenters. The topological polar surface area (TPSA) is 73.7 Å². The van der Waals surface area contributed by atoms with E-state index in [-0.39, 0.29) is 17.5 Å². The van der Waals surface area contributed by atoms with Crippen molar-refractivity contribution >= 4 is 27.5 Å². The number of ether oxygens (including phenoxy) is 2. The minimum Gasteiger partial charge on any atom is -0.497 e. The number of amides is 1. The van der Waals surface area contributed by atoms with Gasteiger partial charge in [0.2, 0.25) is 0 Å². The van der Waals surface area contributed by atoms with Gasteiger partial charge in [-0.25, -0.2) is 4.98 Å². The van der Waals surface area contributed by atoms with Crippen molar-refractivity contribution in [2.45, 2.75) is 32.4 Å². The van der Waals surface area contributed by atoms with Crippen LogP contribution in [0.4, 0.5) is 0 Å². The van der Waals surface area contributed by atoms with E-state index in [1.54, 1.807) is 21.3 Å². The molecule has 7 nitrogen and oxygen atoms in total. The maximum atomic E-state index is 13.5. The van der Waals surface area contributed by atoms with Crippen molar-refractivity contribution in [3.05, 3.63) is 50.9 Å². The molecule has 0 aliphatic heterocycles. The molecule has 0 radical (unpaired) electrons. The fourth-order valence-electron chi connectivity index (χ4n) is 3.49. The molecule has 1 saturated carbocycles. The van der Waals surface area contributed by atoms with Crippen molar-refractivity contribution in [3.63, 3.8) is 0 Å². The lowest BCUT2D eigenvalue weighted by molar-refractivity contribution is 0.0733. The van der Waals surface area contributed by atoms with E-state index >= 15 is 0 Å². The van der Waals surface area contributed by atoms with Gasteiger partial charge in [0.15, 0.2) is 0 Å². The monoisotopic (exact) mass is 413 g/mol. The third kappa shape index (κ3) is 3.48. The summed E-state index contributed by atoms with van der Waals surface area (Å²) in [5, 5.41) is 0.526. The Kier molecular flexibility index (Phi) is 5.04. The first-order valence-corrected chi connectivity index (χ1v) is 10.2. The minimum absolute atomic E-state index is 0.0695. The molecular weight excluding hydrogens is 390 g/mol. The molecule has 2 heterocycles. The van der Waals surface area contributed by atoms with Gasteiger partial charge in [-0.1, -0.05) is 0 Å². The van der Waals surface area contributed by atoms with Crippen molar-refractivity contribution in [2.75, 3.05) is 14.2 Å². The average molecular weight is 413 g/mol. The summed E-state index contributed by atoms with van der Waals surface area (Å²) in [6, 6.07) is 5.78. The third-order valence-corrected chi connectivity index (χ3v) is 6.47. The molecule has 3 aromatic rings. The van der Waals surface area contributed by atoms with Crippen LogP contribution >= 0.6 is 11.3 Å². The largest absolute Gasteiger partial charge is 0.497 e. The van der Waals surface area contributed by atoms with Crippen molar-refractivity contribution in [2.24, 2.45) is 7.05 Å². The standard InChI is InChI=1S/C21H23N3O4S/c1-12-17-19(22-11-23(2)20(17)25)29-18(12)21(26)24(14-5-6-14)10-13-9-15(27-3)7-8-16(13)28-4/h7-9,11,14H,5-6,10H2,1-4H3. The summed E-state index contributed by atoms with van der Waals surface area (Å²) in [4.78, 5) is 33.4. The molecule has 2 aromatic heterocycles. The second-order valence-corrected chi connectivity index (χ2v) is 8.24. The molecule has 4 rings (SSSR count). The molecule has 1 amide bonds. The van der Waals surface area contributed by atoms with Crippen LogP contribution in [-0.4, -0.2) is 40.6 Å². The van der Waals surface area contributed by atoms with Crippen LogP contribution in [-0.2, 0) is 13.6 Å². The Bertz CT molecular complexity index is 1150. The van der Waals surface area contributed by atoms with Crippen molar-refractivity contribution < 1.29 is 14.3 Å². The highest BCUT2D eigenvalue weighted by Crippen LogP contribution is 2.35. The molecule has 1 aliphatic rings. The molecule has 0 N–H and O–H groups in total. The Morgan fingerprint density at radius 3 is 2.72 bits per heavy atom. The predicted molar refractivity (Wildman–Crippen MR) is 112 cm³/mol. The van der Waals surface area contributed by atoms with E-state index in [0.29, 0.717) is 33.0 Å². The average Bonchev–Trinajstić information content (AvgIpc) is 3.51. The number of hydrogen-bond acceptors (Lipinski definition) is 6. The van der Waals surface area contributed by atoms with E-state index < -0.39 is 0 Å². The molecule has 0 spiro atoms. The summed E-state index contributed by atoms with van der Waals surface area (Å²) in [5.41, 5.74) is 1.46. The number of aromatic nitrogens is 2. The summed E-state index contributed by atoms with van der Waals surface area (Å²) < 4.78 is 12.3. The van der Waals surface area contributed by atoms with Gasteiger partial charge >= 0.3 is 0 Å². The molecule has 29 heavy (non-hydrogen) atoms. The second kappa shape index (κ2) is 7.51. The van der Waals surface area contributed by atoms with Gasteiger partial charge in [0.25, 0.3) is 11.5 Å². The zero-order valence-corrected chi connectivity index (χ0v) is 17.7. The predicted octanol–water partition coefficient (Wildman–Crippen LogP) is 3.13. The second-order valence-electron chi connectivity index (χ2n) is 7.24. The highest BCUT2D eigenvalue weighted by atomic mass is 32.1. The van der Waals surface area contributed by atoms with Gasteiger partial charge in [-0.15, -0.1) is 11.3 Å². The summed E-state index contributed by atoms with van der Waals surface area (Å²) in [7, 11) is 4.90. The number of nitrogens with zero attached hydrogens (tertiary/aromatic N) is 3. The minimum atomic E-state index is -0.129. The Morgan fingerprint density at radius 2 is 2.07 bits per heavy atom. The molecule has 0 atom stereocenters. The van der Waals surface area contributed by atoms with Crippen LogP contribution in [0.3, 0.4) is 0 Å². The molecule has 0 saturated heterocycles. The number of rotatable bonds is 6. The summed E-state index contributed by atoms with van der Waals surface area (Å²) in [5.74, 6) is 1.36. The van der Waals surface area contributed by atoms with E-state index in [1.165, 1.54) is 22.2 Å². The van der Waals surface area contributed by atoms with E-state index in [1.807, 2.05) is 30.0 Å². The highest BCUT2D eigenvalue weighted by molar-refractivity contribution is 7.20. The van der Waals surface area contributed by atoms with Crippen LogP contribution in [0.5, 0.6) is 11.5 Å². The van der Waals surface area contributed by atoms with Gasteiger partial charge < -0.3 is 18.9 Å². The lowest BCUT2D eigenvalue weighted by Gasteiger charge is -2.23. The van der Waals surface area contributed by atoms with Gasteiger partial charge in [0.1, 0.15) is 16.3 Å². The third-order valence-electron chi connectivity index (χ3n) is 5.28.